The SMILES string of the molecule is CC.CCNC(=O)OC(C)(C)C.[HH]. The average molecular weight is 177 g/mol. The van der Waals surface area contributed by atoms with Crippen molar-refractivity contribution < 1.29 is 11.0 Å². The molecule has 0 aliphatic rings. The molecule has 3 nitrogen and oxygen atoms in total. The monoisotopic (exact) mass is 177 g/mol. The predicted molar refractivity (Wildman–Crippen MR) is 53.4 cm³/mol. The number of hydrogen-bond acceptors (Lipinski definition) is 2. The van der Waals surface area contributed by atoms with Gasteiger partial charge in [-0.3, -0.25) is 0 Å². The summed E-state index contributed by atoms with van der Waals surface area (Å²) in [6, 6.07) is 0. The van der Waals surface area contributed by atoms with Crippen molar-refractivity contribution in [3.8, 4) is 0 Å². The lowest BCUT2D eigenvalue weighted by Crippen LogP contribution is -2.32. The van der Waals surface area contributed by atoms with Crippen molar-refractivity contribution in [3.63, 3.8) is 0 Å². The van der Waals surface area contributed by atoms with Gasteiger partial charge in [-0.2, -0.15) is 0 Å². The second-order valence-corrected chi connectivity index (χ2v) is 3.03. The van der Waals surface area contributed by atoms with Crippen LogP contribution in [0.25, 0.3) is 0 Å². The van der Waals surface area contributed by atoms with E-state index in [0.29, 0.717) is 6.54 Å². The fraction of sp³-hybridized carbons (Fsp3) is 0.889. The Morgan fingerprint density at radius 2 is 1.83 bits per heavy atom. The first-order chi connectivity index (χ1) is 5.45. The third kappa shape index (κ3) is 12.0. The van der Waals surface area contributed by atoms with Crippen LogP contribution >= 0.6 is 0 Å². The quantitative estimate of drug-likeness (QED) is 0.669. The minimum atomic E-state index is -0.390. The van der Waals surface area contributed by atoms with Crippen LogP contribution in [0.3, 0.4) is 0 Å². The Kier molecular flexibility index (Phi) is 8.01. The molecule has 0 saturated heterocycles. The molecule has 12 heavy (non-hydrogen) atoms. The zero-order valence-electron chi connectivity index (χ0n) is 9.02. The van der Waals surface area contributed by atoms with Gasteiger partial charge in [0.25, 0.3) is 0 Å². The van der Waals surface area contributed by atoms with Gasteiger partial charge in [0, 0.05) is 7.97 Å². The van der Waals surface area contributed by atoms with Gasteiger partial charge >= 0.3 is 6.09 Å². The summed E-state index contributed by atoms with van der Waals surface area (Å²) in [7, 11) is 0. The maximum absolute atomic E-state index is 10.7. The van der Waals surface area contributed by atoms with Gasteiger partial charge in [-0.25, -0.2) is 4.79 Å². The van der Waals surface area contributed by atoms with Gasteiger partial charge in [0.15, 0.2) is 0 Å². The topological polar surface area (TPSA) is 38.3 Å². The molecule has 0 bridgehead atoms. The number of alkyl carbamates (subject to hydrolysis) is 1. The van der Waals surface area contributed by atoms with Crippen molar-refractivity contribution in [1.82, 2.24) is 5.32 Å². The summed E-state index contributed by atoms with van der Waals surface area (Å²) in [4.78, 5) is 10.7. The van der Waals surface area contributed by atoms with E-state index in [0.717, 1.165) is 0 Å². The Labute approximate surface area is 77.0 Å². The van der Waals surface area contributed by atoms with Crippen molar-refractivity contribution in [2.45, 2.75) is 47.1 Å². The van der Waals surface area contributed by atoms with E-state index in [9.17, 15) is 4.79 Å². The van der Waals surface area contributed by atoms with Gasteiger partial charge in [0.2, 0.25) is 0 Å². The molecule has 0 fully saturated rings. The maximum atomic E-state index is 10.7. The maximum Gasteiger partial charge on any atom is 0.407 e. The zero-order valence-corrected chi connectivity index (χ0v) is 9.02. The minimum absolute atomic E-state index is 0. The van der Waals surface area contributed by atoms with Gasteiger partial charge in [0.05, 0.1) is 0 Å². The van der Waals surface area contributed by atoms with Gasteiger partial charge in [-0.1, -0.05) is 13.8 Å². The second kappa shape index (κ2) is 6.95. The summed E-state index contributed by atoms with van der Waals surface area (Å²) in [5, 5.41) is 2.54. The lowest BCUT2D eigenvalue weighted by Gasteiger charge is -2.19. The zero-order chi connectivity index (χ0) is 10.2. The standard InChI is InChI=1S/C7H15NO2.C2H6.H2/c1-5-8-6(9)10-7(2,3)4;1-2;/h5H2,1-4H3,(H,8,9);1-2H3;1H. The summed E-state index contributed by atoms with van der Waals surface area (Å²) in [5.74, 6) is 0. The van der Waals surface area contributed by atoms with Crippen molar-refractivity contribution >= 4 is 6.09 Å². The Morgan fingerprint density at radius 1 is 1.42 bits per heavy atom. The van der Waals surface area contributed by atoms with E-state index in [2.05, 4.69) is 5.32 Å². The van der Waals surface area contributed by atoms with Crippen LogP contribution in [0.1, 0.15) is 43.0 Å². The molecule has 0 unspecified atom stereocenters. The lowest BCUT2D eigenvalue weighted by atomic mass is 10.2. The van der Waals surface area contributed by atoms with Crippen LogP contribution in [0.5, 0.6) is 0 Å². The molecule has 76 valence electrons. The molecule has 0 radical (unpaired) electrons. The van der Waals surface area contributed by atoms with Gasteiger partial charge in [0.1, 0.15) is 5.60 Å². The fourth-order valence-electron chi connectivity index (χ4n) is 0.459. The van der Waals surface area contributed by atoms with Crippen LogP contribution in [0, 0.1) is 0 Å². The second-order valence-electron chi connectivity index (χ2n) is 3.03. The summed E-state index contributed by atoms with van der Waals surface area (Å²) in [6.07, 6.45) is -0.352. The molecule has 3 heteroatoms. The van der Waals surface area contributed by atoms with Crippen molar-refractivity contribution in [2.75, 3.05) is 6.54 Å². The molecular formula is C9H23NO2. The van der Waals surface area contributed by atoms with E-state index >= 15 is 0 Å². The number of ether oxygens (including phenoxy) is 1. The van der Waals surface area contributed by atoms with Crippen LogP contribution in [-0.2, 0) is 4.74 Å². The number of carbonyl (C=O) groups excluding carboxylic acids is 1. The smallest absolute Gasteiger partial charge is 0.407 e. The normalized spacial score (nSPS) is 9.50. The highest BCUT2D eigenvalue weighted by Crippen LogP contribution is 2.05. The molecule has 0 atom stereocenters. The van der Waals surface area contributed by atoms with Crippen LogP contribution in [0.4, 0.5) is 4.79 Å². The van der Waals surface area contributed by atoms with Gasteiger partial charge < -0.3 is 10.1 Å². The van der Waals surface area contributed by atoms with E-state index < -0.39 is 0 Å². The third-order valence-corrected chi connectivity index (χ3v) is 0.720. The van der Waals surface area contributed by atoms with Crippen LogP contribution in [0.15, 0.2) is 0 Å². The molecule has 1 amide bonds. The molecule has 0 heterocycles. The summed E-state index contributed by atoms with van der Waals surface area (Å²) >= 11 is 0. The first kappa shape index (κ1) is 13.8. The number of hydrogen-bond donors (Lipinski definition) is 1. The number of amides is 1. The molecule has 0 aromatic heterocycles. The molecule has 1 N–H and O–H groups in total. The molecule has 0 saturated carbocycles. The van der Waals surface area contributed by atoms with E-state index in [-0.39, 0.29) is 13.1 Å². The summed E-state index contributed by atoms with van der Waals surface area (Å²) in [6.45, 7) is 12.0. The molecule has 0 spiro atoms. The summed E-state index contributed by atoms with van der Waals surface area (Å²) in [5.41, 5.74) is -0.390. The van der Waals surface area contributed by atoms with Crippen molar-refractivity contribution in [2.24, 2.45) is 0 Å². The largest absolute Gasteiger partial charge is 0.444 e. The molecule has 0 aromatic rings. The van der Waals surface area contributed by atoms with Crippen LogP contribution < -0.4 is 5.32 Å². The first-order valence-corrected chi connectivity index (χ1v) is 4.42. The van der Waals surface area contributed by atoms with Crippen LogP contribution in [-0.4, -0.2) is 18.2 Å². The highest BCUT2D eigenvalue weighted by molar-refractivity contribution is 5.67. The Bertz CT molecular complexity index is 121. The van der Waals surface area contributed by atoms with Crippen LogP contribution in [0.2, 0.25) is 0 Å². The number of carbonyl (C=O) groups is 1. The molecule has 0 aliphatic heterocycles. The highest BCUT2D eigenvalue weighted by Gasteiger charge is 2.14. The molecule has 0 aliphatic carbocycles. The molecule has 0 aromatic carbocycles. The fourth-order valence-corrected chi connectivity index (χ4v) is 0.459. The van der Waals surface area contributed by atoms with Gasteiger partial charge in [-0.05, 0) is 27.7 Å². The Hall–Kier alpha value is -0.730. The Balaban J connectivity index is -0.000000309. The van der Waals surface area contributed by atoms with Crippen molar-refractivity contribution in [1.29, 1.82) is 0 Å². The number of rotatable bonds is 1. The number of nitrogens with one attached hydrogen (secondary N) is 1. The van der Waals surface area contributed by atoms with E-state index in [1.165, 1.54) is 0 Å². The lowest BCUT2D eigenvalue weighted by molar-refractivity contribution is 0.0531. The molecule has 0 rings (SSSR count). The predicted octanol–water partition coefficient (Wildman–Crippen LogP) is 2.80. The molecular weight excluding hydrogens is 154 g/mol. The third-order valence-electron chi connectivity index (χ3n) is 0.720. The minimum Gasteiger partial charge on any atom is -0.444 e. The van der Waals surface area contributed by atoms with E-state index in [1.54, 1.807) is 0 Å². The highest BCUT2D eigenvalue weighted by atomic mass is 16.6. The van der Waals surface area contributed by atoms with Gasteiger partial charge in [-0.15, -0.1) is 0 Å². The van der Waals surface area contributed by atoms with Crippen molar-refractivity contribution in [3.05, 3.63) is 0 Å². The average Bonchev–Trinajstić information content (AvgIpc) is 1.88. The van der Waals surface area contributed by atoms with E-state index in [4.69, 9.17) is 4.74 Å². The Morgan fingerprint density at radius 3 is 2.08 bits per heavy atom. The summed E-state index contributed by atoms with van der Waals surface area (Å²) < 4.78 is 4.93. The first-order valence-electron chi connectivity index (χ1n) is 4.42. The van der Waals surface area contributed by atoms with E-state index in [1.807, 2.05) is 41.5 Å².